The van der Waals surface area contributed by atoms with Crippen LogP contribution in [0.5, 0.6) is 0 Å². The molecule has 2 rings (SSSR count). The zero-order valence-electron chi connectivity index (χ0n) is 8.33. The fourth-order valence-corrected chi connectivity index (χ4v) is 1.29. The number of aryl methyl sites for hydroxylation is 2. The second-order valence-electron chi connectivity index (χ2n) is 3.28. The lowest BCUT2D eigenvalue weighted by Gasteiger charge is -1.98. The molecule has 14 heavy (non-hydrogen) atoms. The van der Waals surface area contributed by atoms with Gasteiger partial charge in [0.25, 0.3) is 0 Å². The van der Waals surface area contributed by atoms with Gasteiger partial charge in [0.05, 0.1) is 12.8 Å². The predicted octanol–water partition coefficient (Wildman–Crippen LogP) is 3.10. The third-order valence-electron chi connectivity index (χ3n) is 2.18. The van der Waals surface area contributed by atoms with E-state index >= 15 is 0 Å². The Kier molecular flexibility index (Phi) is 2.31. The van der Waals surface area contributed by atoms with Gasteiger partial charge in [-0.15, -0.1) is 0 Å². The SMILES string of the molecule is Cc1cc(CNc2ccco2)oc1C. The van der Waals surface area contributed by atoms with Crippen molar-refractivity contribution in [2.75, 3.05) is 5.32 Å². The molecule has 0 amide bonds. The monoisotopic (exact) mass is 191 g/mol. The molecule has 3 nitrogen and oxygen atoms in total. The van der Waals surface area contributed by atoms with Gasteiger partial charge in [-0.05, 0) is 31.5 Å². The minimum absolute atomic E-state index is 0.655. The van der Waals surface area contributed by atoms with Crippen LogP contribution in [0.3, 0.4) is 0 Å². The van der Waals surface area contributed by atoms with Crippen LogP contribution < -0.4 is 5.32 Å². The maximum absolute atomic E-state index is 5.51. The summed E-state index contributed by atoms with van der Waals surface area (Å²) in [5, 5.41) is 3.12. The van der Waals surface area contributed by atoms with E-state index in [9.17, 15) is 0 Å². The summed E-state index contributed by atoms with van der Waals surface area (Å²) in [7, 11) is 0. The molecule has 0 aliphatic rings. The molecule has 0 aromatic carbocycles. The van der Waals surface area contributed by atoms with Gasteiger partial charge in [0.2, 0.25) is 0 Å². The van der Waals surface area contributed by atoms with E-state index < -0.39 is 0 Å². The molecule has 0 aliphatic carbocycles. The number of hydrogen-bond donors (Lipinski definition) is 1. The highest BCUT2D eigenvalue weighted by atomic mass is 16.3. The number of furan rings is 2. The van der Waals surface area contributed by atoms with Gasteiger partial charge in [-0.2, -0.15) is 0 Å². The van der Waals surface area contributed by atoms with Gasteiger partial charge < -0.3 is 14.2 Å². The van der Waals surface area contributed by atoms with E-state index in [0.717, 1.165) is 17.4 Å². The Morgan fingerprint density at radius 3 is 2.79 bits per heavy atom. The number of rotatable bonds is 3. The van der Waals surface area contributed by atoms with Crippen LogP contribution in [-0.2, 0) is 6.54 Å². The molecule has 0 aliphatic heterocycles. The van der Waals surface area contributed by atoms with Gasteiger partial charge >= 0.3 is 0 Å². The fourth-order valence-electron chi connectivity index (χ4n) is 1.29. The first-order chi connectivity index (χ1) is 6.75. The van der Waals surface area contributed by atoms with Crippen LogP contribution in [0.1, 0.15) is 17.1 Å². The molecule has 0 radical (unpaired) electrons. The van der Waals surface area contributed by atoms with Crippen LogP contribution in [-0.4, -0.2) is 0 Å². The van der Waals surface area contributed by atoms with Crippen LogP contribution >= 0.6 is 0 Å². The van der Waals surface area contributed by atoms with Gasteiger partial charge in [-0.25, -0.2) is 0 Å². The van der Waals surface area contributed by atoms with Gasteiger partial charge in [0, 0.05) is 6.07 Å². The number of hydrogen-bond acceptors (Lipinski definition) is 3. The minimum Gasteiger partial charge on any atom is -0.464 e. The minimum atomic E-state index is 0.655. The van der Waals surface area contributed by atoms with Gasteiger partial charge in [0.1, 0.15) is 11.5 Å². The molecule has 0 bridgehead atoms. The topological polar surface area (TPSA) is 38.3 Å². The van der Waals surface area contributed by atoms with Crippen molar-refractivity contribution in [1.29, 1.82) is 0 Å². The molecule has 0 saturated heterocycles. The van der Waals surface area contributed by atoms with Crippen molar-refractivity contribution in [1.82, 2.24) is 0 Å². The summed E-state index contributed by atoms with van der Waals surface area (Å²) in [6, 6.07) is 5.76. The van der Waals surface area contributed by atoms with E-state index in [2.05, 4.69) is 5.32 Å². The predicted molar refractivity (Wildman–Crippen MR) is 54.2 cm³/mol. The zero-order valence-corrected chi connectivity index (χ0v) is 8.33. The normalized spacial score (nSPS) is 10.4. The van der Waals surface area contributed by atoms with Crippen LogP contribution in [0.4, 0.5) is 5.88 Å². The third-order valence-corrected chi connectivity index (χ3v) is 2.18. The molecular weight excluding hydrogens is 178 g/mol. The van der Waals surface area contributed by atoms with Crippen molar-refractivity contribution < 1.29 is 8.83 Å². The molecule has 1 N–H and O–H groups in total. The Bertz CT molecular complexity index is 381. The number of nitrogens with one attached hydrogen (secondary N) is 1. The van der Waals surface area contributed by atoms with E-state index in [1.807, 2.05) is 32.0 Å². The van der Waals surface area contributed by atoms with E-state index in [4.69, 9.17) is 8.83 Å². The smallest absolute Gasteiger partial charge is 0.192 e. The second kappa shape index (κ2) is 3.62. The van der Waals surface area contributed by atoms with Crippen LogP contribution in [0.2, 0.25) is 0 Å². The van der Waals surface area contributed by atoms with E-state index in [1.54, 1.807) is 6.26 Å². The third kappa shape index (κ3) is 1.82. The largest absolute Gasteiger partial charge is 0.464 e. The molecule has 2 heterocycles. The van der Waals surface area contributed by atoms with Gasteiger partial charge in [-0.3, -0.25) is 0 Å². The van der Waals surface area contributed by atoms with Crippen molar-refractivity contribution in [3.8, 4) is 0 Å². The molecule has 0 unspecified atom stereocenters. The highest BCUT2D eigenvalue weighted by molar-refractivity contribution is 5.31. The Balaban J connectivity index is 1.98. The standard InChI is InChI=1S/C11H13NO2/c1-8-6-10(14-9(8)2)7-12-11-4-3-5-13-11/h3-6,12H,7H2,1-2H3. The summed E-state index contributed by atoms with van der Waals surface area (Å²) < 4.78 is 10.6. The summed E-state index contributed by atoms with van der Waals surface area (Å²) in [5.74, 6) is 2.66. The first kappa shape index (κ1) is 8.94. The molecule has 2 aromatic heterocycles. The Labute approximate surface area is 82.7 Å². The highest BCUT2D eigenvalue weighted by Crippen LogP contribution is 2.15. The Hall–Kier alpha value is -1.64. The average molecular weight is 191 g/mol. The van der Waals surface area contributed by atoms with E-state index in [1.165, 1.54) is 5.56 Å². The summed E-state index contributed by atoms with van der Waals surface area (Å²) in [4.78, 5) is 0. The van der Waals surface area contributed by atoms with Crippen LogP contribution in [0.15, 0.2) is 33.3 Å². The molecular formula is C11H13NO2. The van der Waals surface area contributed by atoms with Crippen molar-refractivity contribution in [2.24, 2.45) is 0 Å². The molecule has 0 fully saturated rings. The van der Waals surface area contributed by atoms with Crippen molar-refractivity contribution >= 4 is 5.88 Å². The molecule has 74 valence electrons. The first-order valence-corrected chi connectivity index (χ1v) is 4.59. The van der Waals surface area contributed by atoms with Gasteiger partial charge in [0.15, 0.2) is 5.88 Å². The average Bonchev–Trinajstić information content (AvgIpc) is 2.74. The quantitative estimate of drug-likeness (QED) is 0.810. The summed E-state index contributed by atoms with van der Waals surface area (Å²) in [6.45, 7) is 4.66. The molecule has 0 spiro atoms. The Morgan fingerprint density at radius 1 is 1.36 bits per heavy atom. The highest BCUT2D eigenvalue weighted by Gasteiger charge is 2.03. The Morgan fingerprint density at radius 2 is 2.21 bits per heavy atom. The molecule has 0 saturated carbocycles. The van der Waals surface area contributed by atoms with Crippen molar-refractivity contribution in [3.05, 3.63) is 41.5 Å². The van der Waals surface area contributed by atoms with Crippen LogP contribution in [0, 0.1) is 13.8 Å². The van der Waals surface area contributed by atoms with Crippen molar-refractivity contribution in [2.45, 2.75) is 20.4 Å². The lowest BCUT2D eigenvalue weighted by atomic mass is 10.3. The lowest BCUT2D eigenvalue weighted by molar-refractivity contribution is 0.485. The molecule has 3 heteroatoms. The molecule has 0 atom stereocenters. The second-order valence-corrected chi connectivity index (χ2v) is 3.28. The number of anilines is 1. The fraction of sp³-hybridized carbons (Fsp3) is 0.273. The van der Waals surface area contributed by atoms with Gasteiger partial charge in [-0.1, -0.05) is 0 Å². The first-order valence-electron chi connectivity index (χ1n) is 4.59. The lowest BCUT2D eigenvalue weighted by Crippen LogP contribution is -1.96. The maximum Gasteiger partial charge on any atom is 0.192 e. The van der Waals surface area contributed by atoms with Crippen molar-refractivity contribution in [3.63, 3.8) is 0 Å². The summed E-state index contributed by atoms with van der Waals surface area (Å²) >= 11 is 0. The summed E-state index contributed by atoms with van der Waals surface area (Å²) in [6.07, 6.45) is 1.64. The van der Waals surface area contributed by atoms with E-state index in [0.29, 0.717) is 6.54 Å². The maximum atomic E-state index is 5.51. The summed E-state index contributed by atoms with van der Waals surface area (Å²) in [5.41, 5.74) is 1.18. The van der Waals surface area contributed by atoms with Crippen LogP contribution in [0.25, 0.3) is 0 Å². The molecule has 2 aromatic rings. The van der Waals surface area contributed by atoms with E-state index in [-0.39, 0.29) is 0 Å². The zero-order chi connectivity index (χ0) is 9.97.